The van der Waals surface area contributed by atoms with Crippen LogP contribution < -0.4 is 0 Å². The normalized spacial score (nSPS) is 25.0. The molecule has 2 aliphatic rings. The van der Waals surface area contributed by atoms with Gasteiger partial charge in [0.2, 0.25) is 0 Å². The third-order valence-corrected chi connectivity index (χ3v) is 6.81. The van der Waals surface area contributed by atoms with Crippen LogP contribution in [-0.4, -0.2) is 33.5 Å². The fourth-order valence-electron chi connectivity index (χ4n) is 4.35. The maximum Gasteiger partial charge on any atom is 0.184 e. The smallest absolute Gasteiger partial charge is 0.184 e. The Morgan fingerprint density at radius 2 is 1.91 bits per heavy atom. The average Bonchev–Trinajstić information content (AvgIpc) is 3.11. The van der Waals surface area contributed by atoms with Crippen LogP contribution >= 0.6 is 0 Å². The summed E-state index contributed by atoms with van der Waals surface area (Å²) in [6, 6.07) is 0. The van der Waals surface area contributed by atoms with Crippen LogP contribution in [0.4, 0.5) is 0 Å². The summed E-state index contributed by atoms with van der Waals surface area (Å²) in [4.78, 5) is 26.9. The topological polar surface area (TPSA) is 83.8 Å². The number of fused-ring (bicyclic) bond motifs is 1. The lowest BCUT2D eigenvalue weighted by atomic mass is 9.66. The van der Waals surface area contributed by atoms with Gasteiger partial charge in [-0.15, -0.1) is 0 Å². The van der Waals surface area contributed by atoms with Gasteiger partial charge in [0.15, 0.2) is 11.6 Å². The van der Waals surface area contributed by atoms with Gasteiger partial charge in [0.1, 0.15) is 23.2 Å². The first-order valence-electron chi connectivity index (χ1n) is 11.7. The summed E-state index contributed by atoms with van der Waals surface area (Å²) < 4.78 is 6.11. The van der Waals surface area contributed by atoms with Gasteiger partial charge in [0.25, 0.3) is 0 Å². The number of carbonyl (C=O) groups excluding carboxylic acids is 2. The van der Waals surface area contributed by atoms with E-state index in [4.69, 9.17) is 4.74 Å². The number of rotatable bonds is 9. The van der Waals surface area contributed by atoms with Crippen LogP contribution in [0.2, 0.25) is 0 Å². The maximum atomic E-state index is 13.9. The number of allylic oxidation sites excluding steroid dienone is 7. The van der Waals surface area contributed by atoms with Gasteiger partial charge in [-0.1, -0.05) is 37.1 Å². The van der Waals surface area contributed by atoms with Crippen LogP contribution in [0.3, 0.4) is 0 Å². The predicted octanol–water partition coefficient (Wildman–Crippen LogP) is 5.90. The van der Waals surface area contributed by atoms with E-state index in [0.717, 1.165) is 18.4 Å². The number of aliphatic hydroxyl groups is 2. The molecule has 2 N–H and O–H groups in total. The van der Waals surface area contributed by atoms with Gasteiger partial charge in [0.05, 0.1) is 11.0 Å². The van der Waals surface area contributed by atoms with Crippen molar-refractivity contribution in [3.8, 4) is 0 Å². The largest absolute Gasteiger partial charge is 0.507 e. The Bertz CT molecular complexity index is 889. The fourth-order valence-corrected chi connectivity index (χ4v) is 4.35. The quantitative estimate of drug-likeness (QED) is 0.342. The molecule has 178 valence electrons. The Kier molecular flexibility index (Phi) is 7.98. The monoisotopic (exact) mass is 444 g/mol. The maximum absolute atomic E-state index is 13.9. The van der Waals surface area contributed by atoms with E-state index in [1.54, 1.807) is 27.7 Å². The summed E-state index contributed by atoms with van der Waals surface area (Å²) in [6.07, 6.45) is 6.65. The van der Waals surface area contributed by atoms with Crippen molar-refractivity contribution in [2.75, 3.05) is 0 Å². The van der Waals surface area contributed by atoms with E-state index in [-0.39, 0.29) is 35.2 Å². The number of ketones is 2. The molecule has 1 fully saturated rings. The summed E-state index contributed by atoms with van der Waals surface area (Å²) in [5.41, 5.74) is 0.468. The van der Waals surface area contributed by atoms with E-state index in [1.165, 1.54) is 5.57 Å². The molecule has 5 nitrogen and oxygen atoms in total. The number of Topliss-reactive ketones (excluding diaryl/α,β-unsaturated/α-hetero) is 2. The molecule has 32 heavy (non-hydrogen) atoms. The zero-order chi connectivity index (χ0) is 24.4. The highest BCUT2D eigenvalue weighted by atomic mass is 16.5. The third kappa shape index (κ3) is 5.09. The number of aliphatic hydroxyl groups excluding tert-OH is 1. The molecule has 1 aliphatic heterocycles. The molecule has 0 aromatic carbocycles. The van der Waals surface area contributed by atoms with Gasteiger partial charge in [0, 0.05) is 17.9 Å². The van der Waals surface area contributed by atoms with Crippen molar-refractivity contribution in [1.29, 1.82) is 0 Å². The third-order valence-electron chi connectivity index (χ3n) is 6.81. The van der Waals surface area contributed by atoms with Crippen LogP contribution in [0.15, 0.2) is 46.0 Å². The number of hydrogen-bond acceptors (Lipinski definition) is 5. The molecule has 0 saturated carbocycles. The molecule has 0 radical (unpaired) electrons. The minimum atomic E-state index is -1.17. The van der Waals surface area contributed by atoms with Gasteiger partial charge >= 0.3 is 0 Å². The summed E-state index contributed by atoms with van der Waals surface area (Å²) in [6.45, 7) is 14.8. The van der Waals surface area contributed by atoms with E-state index in [0.29, 0.717) is 24.2 Å². The highest BCUT2D eigenvalue weighted by molar-refractivity contribution is 6.25. The number of ether oxygens (including phenoxy) is 1. The second-order valence-electron chi connectivity index (χ2n) is 10.3. The van der Waals surface area contributed by atoms with Gasteiger partial charge < -0.3 is 14.9 Å². The van der Waals surface area contributed by atoms with Crippen molar-refractivity contribution >= 4 is 11.6 Å². The zero-order valence-electron chi connectivity index (χ0n) is 21.0. The Hall–Kier alpha value is -2.14. The SMILES string of the molecule is CCC(C)C(=O)C1=C(O)C(C)=C2O[C@@H](C(C)(C)O)C[C@@]2(C/C=C(\C)CCC=C(C)C)C1=O. The highest BCUT2D eigenvalue weighted by Crippen LogP contribution is 2.54. The molecule has 0 amide bonds. The van der Waals surface area contributed by atoms with E-state index in [9.17, 15) is 19.8 Å². The first-order chi connectivity index (χ1) is 14.8. The van der Waals surface area contributed by atoms with E-state index < -0.39 is 17.1 Å². The van der Waals surface area contributed by atoms with Crippen LogP contribution in [0.1, 0.15) is 87.5 Å². The Morgan fingerprint density at radius 3 is 2.44 bits per heavy atom. The lowest BCUT2D eigenvalue weighted by Crippen LogP contribution is -2.41. The molecule has 5 heteroatoms. The molecule has 0 spiro atoms. The van der Waals surface area contributed by atoms with Crippen molar-refractivity contribution < 1.29 is 24.5 Å². The molecule has 0 bridgehead atoms. The first-order valence-corrected chi connectivity index (χ1v) is 11.7. The highest BCUT2D eigenvalue weighted by Gasteiger charge is 2.58. The molecule has 1 saturated heterocycles. The molecule has 1 unspecified atom stereocenters. The van der Waals surface area contributed by atoms with Crippen molar-refractivity contribution in [2.45, 2.75) is 99.2 Å². The molecular formula is C27H40O5. The average molecular weight is 445 g/mol. The number of hydrogen-bond donors (Lipinski definition) is 2. The summed E-state index contributed by atoms with van der Waals surface area (Å²) in [5, 5.41) is 21.5. The van der Waals surface area contributed by atoms with Gasteiger partial charge in [-0.3, -0.25) is 9.59 Å². The molecule has 2 rings (SSSR count). The summed E-state index contributed by atoms with van der Waals surface area (Å²) in [5.74, 6) is -0.978. The predicted molar refractivity (Wildman–Crippen MR) is 127 cm³/mol. The standard InChI is InChI=1S/C27H40O5/c1-9-18(5)22(28)21-23(29)19(6)25-27(24(21)30,15-20(32-25)26(7,8)31)14-13-17(4)12-10-11-16(2)3/h11,13,18,20,29,31H,9-10,12,14-15H2,1-8H3/b17-13+/t18?,20-,27+/m1/s1. The van der Waals surface area contributed by atoms with Crippen molar-refractivity contribution in [3.05, 3.63) is 46.0 Å². The van der Waals surface area contributed by atoms with Crippen molar-refractivity contribution in [3.63, 3.8) is 0 Å². The van der Waals surface area contributed by atoms with E-state index in [1.807, 2.05) is 19.9 Å². The lowest BCUT2D eigenvalue weighted by Gasteiger charge is -2.32. The second-order valence-corrected chi connectivity index (χ2v) is 10.3. The Labute approximate surface area is 192 Å². The minimum Gasteiger partial charge on any atom is -0.507 e. The molecule has 0 aromatic heterocycles. The molecule has 0 aromatic rings. The minimum absolute atomic E-state index is 0.115. The molecular weight excluding hydrogens is 404 g/mol. The summed E-state index contributed by atoms with van der Waals surface area (Å²) >= 11 is 0. The zero-order valence-corrected chi connectivity index (χ0v) is 21.0. The van der Waals surface area contributed by atoms with Crippen LogP contribution in [0, 0.1) is 11.3 Å². The van der Waals surface area contributed by atoms with Crippen LogP contribution in [-0.2, 0) is 14.3 Å². The molecule has 1 heterocycles. The van der Waals surface area contributed by atoms with Crippen LogP contribution in [0.5, 0.6) is 0 Å². The van der Waals surface area contributed by atoms with Crippen molar-refractivity contribution in [2.24, 2.45) is 11.3 Å². The van der Waals surface area contributed by atoms with Gasteiger partial charge in [-0.25, -0.2) is 0 Å². The lowest BCUT2D eigenvalue weighted by molar-refractivity contribution is -0.128. The molecule has 3 atom stereocenters. The fraction of sp³-hybridized carbons (Fsp3) is 0.630. The Morgan fingerprint density at radius 1 is 1.28 bits per heavy atom. The van der Waals surface area contributed by atoms with Crippen LogP contribution in [0.25, 0.3) is 0 Å². The van der Waals surface area contributed by atoms with Crippen molar-refractivity contribution in [1.82, 2.24) is 0 Å². The summed E-state index contributed by atoms with van der Waals surface area (Å²) in [7, 11) is 0. The first kappa shape index (κ1) is 26.1. The van der Waals surface area contributed by atoms with E-state index in [2.05, 4.69) is 19.9 Å². The van der Waals surface area contributed by atoms with Gasteiger partial charge in [-0.05, 0) is 67.2 Å². The second kappa shape index (κ2) is 9.78. The van der Waals surface area contributed by atoms with Gasteiger partial charge in [-0.2, -0.15) is 0 Å². The molecule has 1 aliphatic carbocycles. The Balaban J connectivity index is 2.52. The van der Waals surface area contributed by atoms with E-state index >= 15 is 0 Å². The number of carbonyl (C=O) groups is 2.